The fourth-order valence-corrected chi connectivity index (χ4v) is 3.52. The van der Waals surface area contributed by atoms with Crippen molar-refractivity contribution in [3.05, 3.63) is 59.8 Å². The van der Waals surface area contributed by atoms with Gasteiger partial charge in [0.05, 0.1) is 39.1 Å². The van der Waals surface area contributed by atoms with Crippen LogP contribution in [0.15, 0.2) is 56.5 Å². The Morgan fingerprint density at radius 3 is 2.35 bits per heavy atom. The highest BCUT2D eigenvalue weighted by molar-refractivity contribution is 7.98. The smallest absolute Gasteiger partial charge is 0.277 e. The molecule has 2 aromatic carbocycles. The highest BCUT2D eigenvalue weighted by atomic mass is 32.2. The first-order valence-electron chi connectivity index (χ1n) is 9.32. The zero-order valence-corrected chi connectivity index (χ0v) is 18.0. The van der Waals surface area contributed by atoms with E-state index >= 15 is 0 Å². The van der Waals surface area contributed by atoms with Crippen LogP contribution in [0.1, 0.15) is 17.3 Å². The summed E-state index contributed by atoms with van der Waals surface area (Å²) in [5.74, 6) is 3.73. The predicted octanol–water partition coefficient (Wildman–Crippen LogP) is 4.03. The first-order chi connectivity index (χ1) is 15.2. The number of hydrogen-bond donors (Lipinski definition) is 0. The molecule has 0 N–H and O–H groups in total. The maximum atomic E-state index is 5.75. The van der Waals surface area contributed by atoms with Crippen LogP contribution in [0, 0.1) is 0 Å². The molecule has 31 heavy (non-hydrogen) atoms. The van der Waals surface area contributed by atoms with Gasteiger partial charge in [0.1, 0.15) is 5.75 Å². The Labute approximate surface area is 182 Å². The summed E-state index contributed by atoms with van der Waals surface area (Å²) in [6.07, 6.45) is 0.479. The van der Waals surface area contributed by atoms with Gasteiger partial charge in [-0.3, -0.25) is 0 Å². The highest BCUT2D eigenvalue weighted by Gasteiger charge is 2.15. The Kier molecular flexibility index (Phi) is 6.37. The van der Waals surface area contributed by atoms with Crippen LogP contribution in [0.5, 0.6) is 17.2 Å². The van der Waals surface area contributed by atoms with Gasteiger partial charge in [-0.1, -0.05) is 30.0 Å². The van der Waals surface area contributed by atoms with E-state index in [1.54, 1.807) is 21.3 Å². The topological polar surface area (TPSA) is 106 Å². The molecule has 2 aromatic heterocycles. The van der Waals surface area contributed by atoms with Gasteiger partial charge >= 0.3 is 0 Å². The molecule has 0 amide bonds. The van der Waals surface area contributed by atoms with Crippen LogP contribution in [0.3, 0.4) is 0 Å². The van der Waals surface area contributed by atoms with E-state index < -0.39 is 0 Å². The average molecular weight is 440 g/mol. The number of nitrogens with zero attached hydrogens (tertiary/aromatic N) is 4. The molecule has 4 rings (SSSR count). The van der Waals surface area contributed by atoms with Gasteiger partial charge in [0.15, 0.2) is 11.5 Å². The average Bonchev–Trinajstić information content (AvgIpc) is 3.47. The van der Waals surface area contributed by atoms with Crippen LogP contribution in [0.2, 0.25) is 0 Å². The normalized spacial score (nSPS) is 10.8. The largest absolute Gasteiger partial charge is 0.496 e. The van der Waals surface area contributed by atoms with E-state index in [-0.39, 0.29) is 0 Å². The third kappa shape index (κ3) is 4.80. The summed E-state index contributed by atoms with van der Waals surface area (Å²) in [5, 5.41) is 16.8. The Morgan fingerprint density at radius 1 is 0.774 bits per heavy atom. The molecule has 0 saturated carbocycles. The van der Waals surface area contributed by atoms with Gasteiger partial charge in [-0.15, -0.1) is 20.4 Å². The number of para-hydroxylation sites is 1. The van der Waals surface area contributed by atoms with Crippen LogP contribution >= 0.6 is 11.8 Å². The van der Waals surface area contributed by atoms with Crippen LogP contribution in [-0.2, 0) is 12.2 Å². The Morgan fingerprint density at radius 2 is 1.55 bits per heavy atom. The van der Waals surface area contributed by atoms with Gasteiger partial charge in [0.25, 0.3) is 11.1 Å². The van der Waals surface area contributed by atoms with E-state index in [1.807, 2.05) is 42.5 Å². The van der Waals surface area contributed by atoms with E-state index in [0.29, 0.717) is 52.3 Å². The first kappa shape index (κ1) is 20.7. The third-order valence-electron chi connectivity index (χ3n) is 4.37. The Bertz CT molecular complexity index is 1160. The van der Waals surface area contributed by atoms with Crippen molar-refractivity contribution in [1.82, 2.24) is 20.4 Å². The minimum absolute atomic E-state index is 0.396. The molecule has 0 spiro atoms. The van der Waals surface area contributed by atoms with Crippen LogP contribution < -0.4 is 14.2 Å². The zero-order valence-electron chi connectivity index (χ0n) is 17.2. The summed E-state index contributed by atoms with van der Waals surface area (Å²) >= 11 is 1.32. The fourth-order valence-electron chi connectivity index (χ4n) is 2.90. The van der Waals surface area contributed by atoms with Crippen molar-refractivity contribution in [2.24, 2.45) is 0 Å². The second-order valence-electron chi connectivity index (χ2n) is 6.32. The number of hydrogen-bond acceptors (Lipinski definition) is 10. The van der Waals surface area contributed by atoms with E-state index in [1.165, 1.54) is 11.8 Å². The molecular formula is C21H20N4O5S. The molecule has 10 heteroatoms. The summed E-state index contributed by atoms with van der Waals surface area (Å²) < 4.78 is 27.4. The van der Waals surface area contributed by atoms with Gasteiger partial charge < -0.3 is 23.0 Å². The lowest BCUT2D eigenvalue weighted by molar-refractivity contribution is 0.354. The maximum absolute atomic E-state index is 5.75. The zero-order chi connectivity index (χ0) is 21.6. The van der Waals surface area contributed by atoms with Crippen LogP contribution in [0.25, 0.3) is 11.5 Å². The fraction of sp³-hybridized carbons (Fsp3) is 0.238. The monoisotopic (exact) mass is 440 g/mol. The second-order valence-corrected chi connectivity index (χ2v) is 7.24. The molecule has 0 aliphatic carbocycles. The van der Waals surface area contributed by atoms with Crippen molar-refractivity contribution < 1.29 is 23.0 Å². The molecule has 0 atom stereocenters. The summed E-state index contributed by atoms with van der Waals surface area (Å²) in [5.41, 5.74) is 1.71. The number of ether oxygens (including phenoxy) is 3. The Balaban J connectivity index is 1.38. The molecule has 160 valence electrons. The molecule has 0 aliphatic heterocycles. The van der Waals surface area contributed by atoms with Crippen molar-refractivity contribution in [1.29, 1.82) is 0 Å². The molecule has 2 heterocycles. The summed E-state index contributed by atoms with van der Waals surface area (Å²) in [4.78, 5) is 0. The molecule has 0 saturated heterocycles. The second kappa shape index (κ2) is 9.52. The van der Waals surface area contributed by atoms with Gasteiger partial charge in [-0.2, -0.15) is 0 Å². The standard InChI is InChI=1S/C21H20N4O5S/c1-26-15-7-5-4-6-14(15)20-24-23-19(29-20)12-31-21-25-22-18(30-21)11-13-8-9-16(27-2)17(10-13)28-3/h4-10H,11-12H2,1-3H3. The van der Waals surface area contributed by atoms with E-state index in [2.05, 4.69) is 20.4 Å². The molecule has 0 aliphatic rings. The van der Waals surface area contributed by atoms with Crippen molar-refractivity contribution >= 4 is 11.8 Å². The minimum Gasteiger partial charge on any atom is -0.496 e. The SMILES string of the molecule is COc1ccc(Cc2nnc(SCc3nnc(-c4ccccc4OC)o3)o2)cc1OC. The van der Waals surface area contributed by atoms with E-state index in [0.717, 1.165) is 11.1 Å². The third-order valence-corrected chi connectivity index (χ3v) is 5.18. The lowest BCUT2D eigenvalue weighted by atomic mass is 10.1. The number of methoxy groups -OCH3 is 3. The number of rotatable bonds is 9. The molecule has 9 nitrogen and oxygen atoms in total. The number of benzene rings is 2. The molecule has 4 aromatic rings. The van der Waals surface area contributed by atoms with Crippen molar-refractivity contribution in [3.8, 4) is 28.7 Å². The van der Waals surface area contributed by atoms with Gasteiger partial charge in [0, 0.05) is 0 Å². The molecule has 0 unspecified atom stereocenters. The molecule has 0 fully saturated rings. The molecular weight excluding hydrogens is 420 g/mol. The lowest BCUT2D eigenvalue weighted by Gasteiger charge is -2.08. The van der Waals surface area contributed by atoms with Crippen molar-refractivity contribution in [2.75, 3.05) is 21.3 Å². The van der Waals surface area contributed by atoms with Gasteiger partial charge in [0.2, 0.25) is 11.8 Å². The molecule has 0 bridgehead atoms. The summed E-state index contributed by atoms with van der Waals surface area (Å²) in [7, 11) is 4.79. The van der Waals surface area contributed by atoms with Crippen molar-refractivity contribution in [2.45, 2.75) is 17.4 Å². The Hall–Kier alpha value is -3.53. The summed E-state index contributed by atoms with van der Waals surface area (Å²) in [6, 6.07) is 13.1. The molecule has 0 radical (unpaired) electrons. The van der Waals surface area contributed by atoms with Crippen LogP contribution in [-0.4, -0.2) is 41.7 Å². The van der Waals surface area contributed by atoms with E-state index in [4.69, 9.17) is 23.0 Å². The summed E-state index contributed by atoms with van der Waals surface area (Å²) in [6.45, 7) is 0. The van der Waals surface area contributed by atoms with Crippen molar-refractivity contribution in [3.63, 3.8) is 0 Å². The predicted molar refractivity (Wildman–Crippen MR) is 112 cm³/mol. The van der Waals surface area contributed by atoms with Crippen LogP contribution in [0.4, 0.5) is 0 Å². The first-order valence-corrected chi connectivity index (χ1v) is 10.3. The van der Waals surface area contributed by atoms with Gasteiger partial charge in [-0.25, -0.2) is 0 Å². The maximum Gasteiger partial charge on any atom is 0.277 e. The quantitative estimate of drug-likeness (QED) is 0.354. The van der Waals surface area contributed by atoms with Gasteiger partial charge in [-0.05, 0) is 29.8 Å². The number of aromatic nitrogens is 4. The minimum atomic E-state index is 0.396. The highest BCUT2D eigenvalue weighted by Crippen LogP contribution is 2.31. The van der Waals surface area contributed by atoms with E-state index in [9.17, 15) is 0 Å². The number of thioether (sulfide) groups is 1. The lowest BCUT2D eigenvalue weighted by Crippen LogP contribution is -1.94.